The summed E-state index contributed by atoms with van der Waals surface area (Å²) < 4.78 is 95.2. The lowest BCUT2D eigenvalue weighted by molar-refractivity contribution is -0.193. The van der Waals surface area contributed by atoms with Gasteiger partial charge in [0.25, 0.3) is 0 Å². The number of carbonyl (C=O) groups excluding carboxylic acids is 1. The van der Waals surface area contributed by atoms with Crippen molar-refractivity contribution in [2.24, 2.45) is 5.92 Å². The zero-order valence-electron chi connectivity index (χ0n) is 29.7. The number of hydrogen-bond acceptors (Lipinski definition) is 10. The van der Waals surface area contributed by atoms with E-state index in [0.29, 0.717) is 35.2 Å². The summed E-state index contributed by atoms with van der Waals surface area (Å²) in [4.78, 5) is 55.3. The molecule has 1 saturated heterocycles. The molecule has 0 aliphatic carbocycles. The number of fused-ring (bicyclic) bond motifs is 6. The number of carboxylic acid groups (broad SMARTS) is 3. The van der Waals surface area contributed by atoms with Crippen LogP contribution in [0.3, 0.4) is 0 Å². The monoisotopic (exact) mass is 847 g/mol. The molecule has 2 aliphatic heterocycles. The number of aryl methyl sites for hydroxylation is 2. The van der Waals surface area contributed by atoms with E-state index in [1.165, 1.54) is 0 Å². The molecular weight excluding hydrogens is 813 g/mol. The number of aliphatic carboxylic acids is 3. The number of anilines is 5. The third-order valence-corrected chi connectivity index (χ3v) is 7.98. The first kappa shape index (κ1) is 47.7. The summed E-state index contributed by atoms with van der Waals surface area (Å²) in [6.45, 7) is 6.60. The van der Waals surface area contributed by atoms with Crippen LogP contribution in [0.1, 0.15) is 44.2 Å². The van der Waals surface area contributed by atoms with Crippen molar-refractivity contribution >= 4 is 64.2 Å². The Morgan fingerprint density at radius 2 is 1.37 bits per heavy atom. The Bertz CT molecular complexity index is 1800. The Kier molecular flexibility index (Phi) is 17.3. The minimum absolute atomic E-state index is 0.0780. The second-order valence-corrected chi connectivity index (χ2v) is 12.7. The smallest absolute Gasteiger partial charge is 0.475 e. The molecule has 6 bridgehead atoms. The highest BCUT2D eigenvalue weighted by Crippen LogP contribution is 2.30. The molecule has 0 atom stereocenters. The standard InChI is InChI=1S/C27H32ClN7O.3C2HF3O2/c1-17(2)35-9-7-18(8-10-35)12-25(36)33-24-6-5-21-13-20(24)4-3-19-11-22(15-29-14-19)32-27-30-16-23(28)26(31-21)34-27;3*3-2(4,5)1(6)7/h5-6,11,13-18H,3-4,7-10,12H2,1-2H3,(H,33,36)(H2,30,31,32,34);3*(H,6,7). The van der Waals surface area contributed by atoms with Crippen LogP contribution in [0.15, 0.2) is 42.9 Å². The van der Waals surface area contributed by atoms with E-state index in [-0.39, 0.29) is 5.91 Å². The van der Waals surface area contributed by atoms with Crippen molar-refractivity contribution in [3.05, 3.63) is 59.0 Å². The molecule has 2 aliphatic rings. The molecule has 2 aromatic heterocycles. The zero-order chi connectivity index (χ0) is 43.3. The molecule has 14 nitrogen and oxygen atoms in total. The lowest BCUT2D eigenvalue weighted by Crippen LogP contribution is -2.39. The van der Waals surface area contributed by atoms with Crippen LogP contribution in [0.4, 0.5) is 68.3 Å². The number of hydrogen-bond donors (Lipinski definition) is 6. The van der Waals surface area contributed by atoms with Gasteiger partial charge in [-0.05, 0) is 93.9 Å². The third-order valence-electron chi connectivity index (χ3n) is 7.70. The zero-order valence-corrected chi connectivity index (χ0v) is 30.4. The van der Waals surface area contributed by atoms with Gasteiger partial charge in [-0.15, -0.1) is 0 Å². The first-order valence-corrected chi connectivity index (χ1v) is 16.7. The molecule has 4 heterocycles. The molecule has 1 amide bonds. The number of halogens is 10. The average molecular weight is 848 g/mol. The Morgan fingerprint density at radius 3 is 1.88 bits per heavy atom. The maximum absolute atomic E-state index is 13.0. The molecule has 1 fully saturated rings. The molecule has 5 rings (SSSR count). The van der Waals surface area contributed by atoms with E-state index in [0.717, 1.165) is 67.0 Å². The molecular formula is C33H35ClF9N7O7. The first-order chi connectivity index (χ1) is 26.3. The van der Waals surface area contributed by atoms with Gasteiger partial charge in [0.15, 0.2) is 5.82 Å². The van der Waals surface area contributed by atoms with Crippen LogP contribution in [0.25, 0.3) is 0 Å². The van der Waals surface area contributed by atoms with E-state index < -0.39 is 36.4 Å². The predicted octanol–water partition coefficient (Wildman–Crippen LogP) is 7.46. The number of rotatable bonds is 4. The molecule has 1 aromatic carbocycles. The molecule has 24 heteroatoms. The fraction of sp³-hybridized carbons (Fsp3) is 0.424. The van der Waals surface area contributed by atoms with Crippen LogP contribution in [0.2, 0.25) is 5.02 Å². The molecule has 0 spiro atoms. The number of amides is 1. The quantitative estimate of drug-likeness (QED) is 0.141. The largest absolute Gasteiger partial charge is 0.490 e. The number of pyridine rings is 1. The molecule has 0 radical (unpaired) electrons. The normalized spacial score (nSPS) is 14.4. The molecule has 6 N–H and O–H groups in total. The summed E-state index contributed by atoms with van der Waals surface area (Å²) in [7, 11) is 0. The highest BCUT2D eigenvalue weighted by atomic mass is 35.5. The Morgan fingerprint density at radius 1 is 0.825 bits per heavy atom. The summed E-state index contributed by atoms with van der Waals surface area (Å²) in [5.74, 6) is -6.82. The number of nitrogens with one attached hydrogen (secondary N) is 3. The van der Waals surface area contributed by atoms with Gasteiger partial charge < -0.3 is 36.2 Å². The Balaban J connectivity index is 0.000000438. The van der Waals surface area contributed by atoms with Gasteiger partial charge in [0, 0.05) is 30.0 Å². The fourth-order valence-corrected chi connectivity index (χ4v) is 5.03. The summed E-state index contributed by atoms with van der Waals surface area (Å²) in [6, 6.07) is 8.56. The van der Waals surface area contributed by atoms with Gasteiger partial charge in [-0.3, -0.25) is 9.78 Å². The summed E-state index contributed by atoms with van der Waals surface area (Å²) in [5.41, 5.74) is 4.63. The SMILES string of the molecule is CC(C)N1CCC(CC(=O)Nc2ccc3cc2CCc2cncc(c2)Nc2ncc(Cl)c(n2)N3)CC1.O=C(O)C(F)(F)F.O=C(O)C(F)(F)F.O=C(O)C(F)(F)F. The second kappa shape index (κ2) is 20.6. The topological polar surface area (TPSA) is 207 Å². The molecule has 57 heavy (non-hydrogen) atoms. The van der Waals surface area contributed by atoms with Gasteiger partial charge in [0.2, 0.25) is 11.9 Å². The van der Waals surface area contributed by atoms with Crippen LogP contribution in [0, 0.1) is 5.92 Å². The molecule has 0 unspecified atom stereocenters. The summed E-state index contributed by atoms with van der Waals surface area (Å²) >= 11 is 6.36. The minimum atomic E-state index is -5.08. The Hall–Kier alpha value is -5.45. The number of carboxylic acids is 3. The van der Waals surface area contributed by atoms with Crippen molar-refractivity contribution in [2.45, 2.75) is 70.5 Å². The van der Waals surface area contributed by atoms with Gasteiger partial charge in [-0.25, -0.2) is 19.4 Å². The lowest BCUT2D eigenvalue weighted by Gasteiger charge is -2.34. The van der Waals surface area contributed by atoms with Crippen LogP contribution in [-0.4, -0.2) is 96.6 Å². The molecule has 3 aromatic rings. The highest BCUT2D eigenvalue weighted by molar-refractivity contribution is 6.32. The number of carbonyl (C=O) groups is 4. The van der Waals surface area contributed by atoms with Gasteiger partial charge >= 0.3 is 36.4 Å². The first-order valence-electron chi connectivity index (χ1n) is 16.3. The van der Waals surface area contributed by atoms with Crippen molar-refractivity contribution in [3.8, 4) is 0 Å². The van der Waals surface area contributed by atoms with Gasteiger partial charge in [0.1, 0.15) is 5.02 Å². The number of aromatic nitrogens is 3. The number of nitrogens with zero attached hydrogens (tertiary/aromatic N) is 4. The van der Waals surface area contributed by atoms with Gasteiger partial charge in [0.05, 0.1) is 18.1 Å². The third kappa shape index (κ3) is 17.1. The average Bonchev–Trinajstić information content (AvgIpc) is 3.10. The second-order valence-electron chi connectivity index (χ2n) is 12.3. The summed E-state index contributed by atoms with van der Waals surface area (Å²) in [6.07, 6.45) is -5.85. The van der Waals surface area contributed by atoms with E-state index in [1.807, 2.05) is 24.4 Å². The van der Waals surface area contributed by atoms with E-state index in [1.54, 1.807) is 12.4 Å². The van der Waals surface area contributed by atoms with Crippen LogP contribution in [-0.2, 0) is 32.0 Å². The van der Waals surface area contributed by atoms with Crippen LogP contribution in [0.5, 0.6) is 0 Å². The van der Waals surface area contributed by atoms with E-state index in [4.69, 9.17) is 41.3 Å². The number of likely N-dealkylation sites (tertiary alicyclic amines) is 1. The van der Waals surface area contributed by atoms with Crippen molar-refractivity contribution < 1.29 is 74.0 Å². The number of benzene rings is 1. The van der Waals surface area contributed by atoms with Crippen LogP contribution >= 0.6 is 11.6 Å². The summed E-state index contributed by atoms with van der Waals surface area (Å²) in [5, 5.41) is 31.5. The van der Waals surface area contributed by atoms with Gasteiger partial charge in [-0.2, -0.15) is 44.5 Å². The predicted molar refractivity (Wildman–Crippen MR) is 185 cm³/mol. The van der Waals surface area contributed by atoms with Crippen LogP contribution < -0.4 is 16.0 Å². The van der Waals surface area contributed by atoms with Gasteiger partial charge in [-0.1, -0.05) is 11.6 Å². The number of piperidine rings is 1. The van der Waals surface area contributed by atoms with Crippen molar-refractivity contribution in [2.75, 3.05) is 29.0 Å². The van der Waals surface area contributed by atoms with E-state index in [9.17, 15) is 44.3 Å². The van der Waals surface area contributed by atoms with Crippen molar-refractivity contribution in [1.29, 1.82) is 0 Å². The minimum Gasteiger partial charge on any atom is -0.475 e. The Labute approximate surface area is 322 Å². The fourth-order valence-electron chi connectivity index (χ4n) is 4.89. The molecule has 314 valence electrons. The van der Waals surface area contributed by atoms with Crippen molar-refractivity contribution in [1.82, 2.24) is 19.9 Å². The maximum Gasteiger partial charge on any atom is 0.490 e. The van der Waals surface area contributed by atoms with E-state index >= 15 is 0 Å². The lowest BCUT2D eigenvalue weighted by atomic mass is 9.92. The van der Waals surface area contributed by atoms with Crippen molar-refractivity contribution in [3.63, 3.8) is 0 Å². The number of alkyl halides is 9. The molecule has 0 saturated carbocycles. The maximum atomic E-state index is 13.0. The van der Waals surface area contributed by atoms with E-state index in [2.05, 4.69) is 55.7 Å². The highest BCUT2D eigenvalue weighted by Gasteiger charge is 2.39.